The van der Waals surface area contributed by atoms with E-state index < -0.39 is 0 Å². The number of anilines is 1. The smallest absolute Gasteiger partial charge is 0.167 e. The number of nitrogens with zero attached hydrogens (tertiary/aromatic N) is 7. The molecule has 3 rings (SSSR count). The fourth-order valence-electron chi connectivity index (χ4n) is 2.90. The lowest BCUT2D eigenvalue weighted by molar-refractivity contribution is 0.213. The summed E-state index contributed by atoms with van der Waals surface area (Å²) >= 11 is 0. The molecule has 3 heterocycles. The lowest BCUT2D eigenvalue weighted by Gasteiger charge is -2.26. The van der Waals surface area contributed by atoms with Gasteiger partial charge in [-0.25, -0.2) is 14.1 Å². The van der Waals surface area contributed by atoms with E-state index in [-0.39, 0.29) is 11.9 Å². The molecule has 0 aliphatic carbocycles. The van der Waals surface area contributed by atoms with E-state index in [0.29, 0.717) is 5.82 Å². The summed E-state index contributed by atoms with van der Waals surface area (Å²) in [5, 5.41) is 11.7. The number of rotatable bonds is 3. The molecule has 2 aromatic heterocycles. The van der Waals surface area contributed by atoms with Crippen LogP contribution in [0.3, 0.4) is 0 Å². The molecule has 0 radical (unpaired) electrons. The number of hydrogen-bond donors (Lipinski definition) is 0. The van der Waals surface area contributed by atoms with Crippen LogP contribution in [0.25, 0.3) is 0 Å². The highest BCUT2D eigenvalue weighted by Gasteiger charge is 2.24. The minimum Gasteiger partial charge on any atom is -0.353 e. The molecule has 0 N–H and O–H groups in total. The van der Waals surface area contributed by atoms with Crippen molar-refractivity contribution in [3.63, 3.8) is 0 Å². The first-order valence-electron chi connectivity index (χ1n) is 7.48. The van der Waals surface area contributed by atoms with Crippen molar-refractivity contribution in [2.45, 2.75) is 19.4 Å². The van der Waals surface area contributed by atoms with E-state index in [9.17, 15) is 4.39 Å². The molecule has 1 aliphatic rings. The van der Waals surface area contributed by atoms with Crippen LogP contribution in [0, 0.1) is 5.82 Å². The normalized spacial score (nSPS) is 18.2. The van der Waals surface area contributed by atoms with E-state index in [4.69, 9.17) is 0 Å². The maximum atomic E-state index is 13.9. The molecule has 1 unspecified atom stereocenters. The number of tetrazole rings is 1. The first-order valence-corrected chi connectivity index (χ1v) is 7.48. The summed E-state index contributed by atoms with van der Waals surface area (Å²) in [6, 6.07) is 3.21. The van der Waals surface area contributed by atoms with Gasteiger partial charge in [0.25, 0.3) is 0 Å². The van der Waals surface area contributed by atoms with Crippen LogP contribution >= 0.6 is 0 Å². The third-order valence-electron chi connectivity index (χ3n) is 4.14. The van der Waals surface area contributed by atoms with Crippen molar-refractivity contribution in [1.82, 2.24) is 30.1 Å². The van der Waals surface area contributed by atoms with Gasteiger partial charge in [-0.1, -0.05) is 0 Å². The zero-order valence-electron chi connectivity index (χ0n) is 12.9. The van der Waals surface area contributed by atoms with Crippen LogP contribution in [-0.4, -0.2) is 56.3 Å². The molecule has 0 aromatic carbocycles. The Balaban J connectivity index is 1.70. The second-order valence-electron chi connectivity index (χ2n) is 5.52. The molecule has 22 heavy (non-hydrogen) atoms. The predicted octanol–water partition coefficient (Wildman–Crippen LogP) is 1.02. The van der Waals surface area contributed by atoms with E-state index in [2.05, 4.69) is 32.3 Å². The highest BCUT2D eigenvalue weighted by Crippen LogP contribution is 2.22. The Hall–Kier alpha value is -2.09. The molecule has 7 nitrogen and oxygen atoms in total. The molecule has 118 valence electrons. The van der Waals surface area contributed by atoms with Gasteiger partial charge in [0.1, 0.15) is 0 Å². The average Bonchev–Trinajstić information content (AvgIpc) is 2.80. The lowest BCUT2D eigenvalue weighted by Crippen LogP contribution is -2.34. The van der Waals surface area contributed by atoms with Crippen molar-refractivity contribution in [2.75, 3.05) is 31.1 Å². The number of pyridine rings is 1. The fourth-order valence-corrected chi connectivity index (χ4v) is 2.90. The topological polar surface area (TPSA) is 63.0 Å². The first-order chi connectivity index (χ1) is 10.7. The van der Waals surface area contributed by atoms with Crippen LogP contribution in [0.5, 0.6) is 0 Å². The molecular formula is C14H20FN7. The van der Waals surface area contributed by atoms with Gasteiger partial charge in [-0.05, 0) is 35.9 Å². The molecular weight excluding hydrogens is 285 g/mol. The highest BCUT2D eigenvalue weighted by atomic mass is 19.1. The Morgan fingerprint density at radius 1 is 1.23 bits per heavy atom. The van der Waals surface area contributed by atoms with Gasteiger partial charge >= 0.3 is 0 Å². The van der Waals surface area contributed by atoms with Crippen molar-refractivity contribution in [1.29, 1.82) is 0 Å². The molecule has 1 atom stereocenters. The molecule has 0 amide bonds. The van der Waals surface area contributed by atoms with Gasteiger partial charge in [-0.3, -0.25) is 4.90 Å². The zero-order chi connectivity index (χ0) is 15.5. The van der Waals surface area contributed by atoms with Crippen LogP contribution in [0.2, 0.25) is 0 Å². The van der Waals surface area contributed by atoms with Crippen LogP contribution in [-0.2, 0) is 7.05 Å². The quantitative estimate of drug-likeness (QED) is 0.843. The van der Waals surface area contributed by atoms with Crippen LogP contribution in [0.15, 0.2) is 18.3 Å². The molecule has 0 saturated carbocycles. The number of aromatic nitrogens is 5. The summed E-state index contributed by atoms with van der Waals surface area (Å²) in [5.74, 6) is 1.02. The lowest BCUT2D eigenvalue weighted by atomic mass is 10.2. The van der Waals surface area contributed by atoms with Gasteiger partial charge in [0.15, 0.2) is 17.5 Å². The van der Waals surface area contributed by atoms with E-state index in [0.717, 1.165) is 38.4 Å². The molecule has 0 spiro atoms. The minimum absolute atomic E-state index is 0.133. The van der Waals surface area contributed by atoms with Gasteiger partial charge in [0.2, 0.25) is 0 Å². The monoisotopic (exact) mass is 305 g/mol. The van der Waals surface area contributed by atoms with Gasteiger partial charge in [0.05, 0.1) is 6.04 Å². The molecule has 8 heteroatoms. The second-order valence-corrected chi connectivity index (χ2v) is 5.52. The maximum Gasteiger partial charge on any atom is 0.167 e. The summed E-state index contributed by atoms with van der Waals surface area (Å²) in [7, 11) is 1.85. The van der Waals surface area contributed by atoms with Crippen LogP contribution < -0.4 is 4.90 Å². The molecule has 2 aromatic rings. The standard InChI is InChI=1S/C14H20FN7/c1-11(13-17-18-19-20(13)2)21-7-4-8-22(10-9-21)14-12(15)5-3-6-16-14/h3,5-6,11H,4,7-10H2,1-2H3. The summed E-state index contributed by atoms with van der Waals surface area (Å²) in [4.78, 5) is 8.51. The number of aryl methyl sites for hydroxylation is 1. The Morgan fingerprint density at radius 3 is 2.82 bits per heavy atom. The Labute approximate surface area is 128 Å². The van der Waals surface area contributed by atoms with E-state index in [1.54, 1.807) is 16.9 Å². The van der Waals surface area contributed by atoms with Crippen molar-refractivity contribution in [3.8, 4) is 0 Å². The maximum absolute atomic E-state index is 13.9. The van der Waals surface area contributed by atoms with Crippen molar-refractivity contribution < 1.29 is 4.39 Å². The summed E-state index contributed by atoms with van der Waals surface area (Å²) in [6.45, 7) is 5.39. The molecule has 1 fully saturated rings. The van der Waals surface area contributed by atoms with E-state index in [1.165, 1.54) is 6.07 Å². The first kappa shape index (κ1) is 14.8. The van der Waals surface area contributed by atoms with E-state index in [1.807, 2.05) is 11.9 Å². The van der Waals surface area contributed by atoms with Gasteiger partial charge < -0.3 is 4.90 Å². The van der Waals surface area contributed by atoms with Gasteiger partial charge in [0, 0.05) is 39.4 Å². The Morgan fingerprint density at radius 2 is 2.09 bits per heavy atom. The zero-order valence-corrected chi connectivity index (χ0v) is 12.9. The predicted molar refractivity (Wildman–Crippen MR) is 79.8 cm³/mol. The number of halogens is 1. The van der Waals surface area contributed by atoms with Crippen LogP contribution in [0.1, 0.15) is 25.2 Å². The van der Waals surface area contributed by atoms with Gasteiger partial charge in [-0.2, -0.15) is 0 Å². The van der Waals surface area contributed by atoms with Crippen molar-refractivity contribution in [2.24, 2.45) is 7.05 Å². The third kappa shape index (κ3) is 2.92. The molecule has 1 aliphatic heterocycles. The largest absolute Gasteiger partial charge is 0.353 e. The molecule has 1 saturated heterocycles. The van der Waals surface area contributed by atoms with Crippen molar-refractivity contribution in [3.05, 3.63) is 30.0 Å². The third-order valence-corrected chi connectivity index (χ3v) is 4.14. The molecule has 0 bridgehead atoms. The van der Waals surface area contributed by atoms with Gasteiger partial charge in [-0.15, -0.1) is 5.10 Å². The Kier molecular flexibility index (Phi) is 4.28. The Bertz CT molecular complexity index is 629. The van der Waals surface area contributed by atoms with Crippen molar-refractivity contribution >= 4 is 5.82 Å². The number of hydrogen-bond acceptors (Lipinski definition) is 6. The summed E-state index contributed by atoms with van der Waals surface area (Å²) in [5.41, 5.74) is 0. The second kappa shape index (κ2) is 6.35. The average molecular weight is 305 g/mol. The minimum atomic E-state index is -0.263. The summed E-state index contributed by atoms with van der Waals surface area (Å²) < 4.78 is 15.6. The van der Waals surface area contributed by atoms with E-state index >= 15 is 0 Å². The SMILES string of the molecule is CC(c1nnnn1C)N1CCCN(c2ncccc2F)CC1. The summed E-state index contributed by atoms with van der Waals surface area (Å²) in [6.07, 6.45) is 2.58. The fraction of sp³-hybridized carbons (Fsp3) is 0.571. The highest BCUT2D eigenvalue weighted by molar-refractivity contribution is 5.39. The van der Waals surface area contributed by atoms with Crippen LogP contribution in [0.4, 0.5) is 10.2 Å².